The first-order chi connectivity index (χ1) is 11.6. The van der Waals surface area contributed by atoms with Crippen molar-refractivity contribution in [3.05, 3.63) is 76.5 Å². The number of ether oxygens (including phenoxy) is 1. The van der Waals surface area contributed by atoms with Gasteiger partial charge in [-0.15, -0.1) is 0 Å². The molecule has 0 aliphatic carbocycles. The molecule has 0 aliphatic heterocycles. The lowest BCUT2D eigenvalue weighted by atomic mass is 10.1. The monoisotopic (exact) mass is 322 g/mol. The highest BCUT2D eigenvalue weighted by Gasteiger charge is 2.14. The Bertz CT molecular complexity index is 880. The molecule has 24 heavy (non-hydrogen) atoms. The SMILES string of the molecule is COc1ccc(-n2ccc(C=O)c2-c2ccc([N+](=O)[O-])cc2)cc1. The second-order valence-corrected chi connectivity index (χ2v) is 5.11. The summed E-state index contributed by atoms with van der Waals surface area (Å²) >= 11 is 0. The molecule has 0 spiro atoms. The molecule has 3 rings (SSSR count). The van der Waals surface area contributed by atoms with Crippen LogP contribution in [0.4, 0.5) is 5.69 Å². The Hall–Kier alpha value is -3.41. The van der Waals surface area contributed by atoms with Crippen molar-refractivity contribution in [1.29, 1.82) is 0 Å². The fraction of sp³-hybridized carbons (Fsp3) is 0.0556. The first-order valence-electron chi connectivity index (χ1n) is 7.20. The molecule has 2 aromatic carbocycles. The van der Waals surface area contributed by atoms with Crippen LogP contribution in [0.3, 0.4) is 0 Å². The fourth-order valence-corrected chi connectivity index (χ4v) is 2.55. The molecule has 0 radical (unpaired) electrons. The molecule has 1 heterocycles. The Kier molecular flexibility index (Phi) is 4.11. The van der Waals surface area contributed by atoms with Gasteiger partial charge in [0.15, 0.2) is 6.29 Å². The largest absolute Gasteiger partial charge is 0.497 e. The quantitative estimate of drug-likeness (QED) is 0.406. The number of nitro groups is 1. The first-order valence-corrected chi connectivity index (χ1v) is 7.20. The van der Waals surface area contributed by atoms with E-state index in [-0.39, 0.29) is 5.69 Å². The van der Waals surface area contributed by atoms with E-state index in [1.54, 1.807) is 31.5 Å². The third-order valence-electron chi connectivity index (χ3n) is 3.75. The van der Waals surface area contributed by atoms with Crippen LogP contribution in [-0.2, 0) is 0 Å². The van der Waals surface area contributed by atoms with Crippen LogP contribution in [0.2, 0.25) is 0 Å². The summed E-state index contributed by atoms with van der Waals surface area (Å²) in [5, 5.41) is 10.8. The van der Waals surface area contributed by atoms with Crippen molar-refractivity contribution < 1.29 is 14.5 Å². The fourth-order valence-electron chi connectivity index (χ4n) is 2.55. The van der Waals surface area contributed by atoms with E-state index in [9.17, 15) is 14.9 Å². The maximum absolute atomic E-state index is 11.4. The van der Waals surface area contributed by atoms with Crippen LogP contribution in [0.25, 0.3) is 16.9 Å². The second kappa shape index (κ2) is 6.37. The number of carbonyl (C=O) groups excluding carboxylic acids is 1. The van der Waals surface area contributed by atoms with Gasteiger partial charge < -0.3 is 9.30 Å². The molecule has 0 bridgehead atoms. The highest BCUT2D eigenvalue weighted by Crippen LogP contribution is 2.29. The van der Waals surface area contributed by atoms with Crippen LogP contribution in [0.5, 0.6) is 5.75 Å². The highest BCUT2D eigenvalue weighted by atomic mass is 16.6. The van der Waals surface area contributed by atoms with Gasteiger partial charge in [-0.1, -0.05) is 0 Å². The van der Waals surface area contributed by atoms with Crippen molar-refractivity contribution in [2.75, 3.05) is 7.11 Å². The van der Waals surface area contributed by atoms with E-state index in [0.717, 1.165) is 23.3 Å². The van der Waals surface area contributed by atoms with E-state index in [1.165, 1.54) is 12.1 Å². The standard InChI is InChI=1S/C18H14N2O4/c1-24-17-8-6-15(7-9-17)19-11-10-14(12-21)18(19)13-2-4-16(5-3-13)20(22)23/h2-12H,1H3. The van der Waals surface area contributed by atoms with Crippen LogP contribution in [0.15, 0.2) is 60.8 Å². The topological polar surface area (TPSA) is 74.4 Å². The molecule has 6 nitrogen and oxygen atoms in total. The zero-order valence-corrected chi connectivity index (χ0v) is 12.9. The summed E-state index contributed by atoms with van der Waals surface area (Å²) in [6, 6.07) is 15.3. The van der Waals surface area contributed by atoms with E-state index in [1.807, 2.05) is 28.8 Å². The smallest absolute Gasteiger partial charge is 0.269 e. The predicted octanol–water partition coefficient (Wildman–Crippen LogP) is 3.87. The van der Waals surface area contributed by atoms with E-state index in [2.05, 4.69) is 0 Å². The number of rotatable bonds is 5. The van der Waals surface area contributed by atoms with Gasteiger partial charge in [0.05, 0.1) is 17.7 Å². The molecule has 0 saturated carbocycles. The van der Waals surface area contributed by atoms with Crippen LogP contribution < -0.4 is 4.74 Å². The van der Waals surface area contributed by atoms with Gasteiger partial charge in [0.1, 0.15) is 5.75 Å². The zero-order chi connectivity index (χ0) is 17.1. The Balaban J connectivity index is 2.10. The van der Waals surface area contributed by atoms with Crippen LogP contribution in [-0.4, -0.2) is 22.9 Å². The highest BCUT2D eigenvalue weighted by molar-refractivity contribution is 5.87. The minimum Gasteiger partial charge on any atom is -0.497 e. The number of aldehydes is 1. The number of nitrogens with zero attached hydrogens (tertiary/aromatic N) is 2. The molecule has 1 aromatic heterocycles. The number of benzene rings is 2. The molecule has 0 amide bonds. The van der Waals surface area contributed by atoms with Gasteiger partial charge >= 0.3 is 0 Å². The van der Waals surface area contributed by atoms with Crippen LogP contribution in [0, 0.1) is 10.1 Å². The first kappa shape index (κ1) is 15.5. The number of hydrogen-bond acceptors (Lipinski definition) is 4. The number of hydrogen-bond donors (Lipinski definition) is 0. The molecular formula is C18H14N2O4. The van der Waals surface area contributed by atoms with Crippen molar-refractivity contribution in [1.82, 2.24) is 4.57 Å². The average molecular weight is 322 g/mol. The molecule has 6 heteroatoms. The number of nitro benzene ring substituents is 1. The molecule has 0 N–H and O–H groups in total. The van der Waals surface area contributed by atoms with Crippen LogP contribution >= 0.6 is 0 Å². The number of aromatic nitrogens is 1. The minimum absolute atomic E-state index is 0.00829. The van der Waals surface area contributed by atoms with E-state index in [0.29, 0.717) is 11.3 Å². The van der Waals surface area contributed by atoms with Crippen molar-refractivity contribution in [2.45, 2.75) is 0 Å². The molecule has 0 fully saturated rings. The third kappa shape index (κ3) is 2.77. The summed E-state index contributed by atoms with van der Waals surface area (Å²) in [6.45, 7) is 0. The molecule has 3 aromatic rings. The van der Waals surface area contributed by atoms with Gasteiger partial charge in [0.25, 0.3) is 5.69 Å². The molecule has 0 saturated heterocycles. The van der Waals surface area contributed by atoms with Crippen molar-refractivity contribution in [3.8, 4) is 22.7 Å². The number of carbonyl (C=O) groups is 1. The van der Waals surface area contributed by atoms with Gasteiger partial charge in [0.2, 0.25) is 0 Å². The maximum atomic E-state index is 11.4. The molecule has 0 aliphatic rings. The third-order valence-corrected chi connectivity index (χ3v) is 3.75. The van der Waals surface area contributed by atoms with Crippen molar-refractivity contribution in [2.24, 2.45) is 0 Å². The molecule has 0 unspecified atom stereocenters. The summed E-state index contributed by atoms with van der Waals surface area (Å²) in [4.78, 5) is 21.7. The predicted molar refractivity (Wildman–Crippen MR) is 89.8 cm³/mol. The summed E-state index contributed by atoms with van der Waals surface area (Å²) in [7, 11) is 1.59. The lowest BCUT2D eigenvalue weighted by Crippen LogP contribution is -1.97. The Morgan fingerprint density at radius 2 is 1.71 bits per heavy atom. The number of non-ortho nitro benzene ring substituents is 1. The number of methoxy groups -OCH3 is 1. The summed E-state index contributed by atoms with van der Waals surface area (Å²) < 4.78 is 7.02. The van der Waals surface area contributed by atoms with E-state index in [4.69, 9.17) is 4.74 Å². The van der Waals surface area contributed by atoms with Crippen LogP contribution in [0.1, 0.15) is 10.4 Å². The van der Waals surface area contributed by atoms with Gasteiger partial charge in [-0.3, -0.25) is 14.9 Å². The Morgan fingerprint density at radius 3 is 2.25 bits per heavy atom. The van der Waals surface area contributed by atoms with Gasteiger partial charge in [-0.2, -0.15) is 0 Å². The van der Waals surface area contributed by atoms with Crippen molar-refractivity contribution >= 4 is 12.0 Å². The Labute approximate surface area is 138 Å². The second-order valence-electron chi connectivity index (χ2n) is 5.11. The Morgan fingerprint density at radius 1 is 1.04 bits per heavy atom. The molecule has 120 valence electrons. The van der Waals surface area contributed by atoms with Gasteiger partial charge in [-0.25, -0.2) is 0 Å². The average Bonchev–Trinajstić information content (AvgIpc) is 3.06. The van der Waals surface area contributed by atoms with E-state index >= 15 is 0 Å². The lowest BCUT2D eigenvalue weighted by Gasteiger charge is -2.11. The van der Waals surface area contributed by atoms with Crippen molar-refractivity contribution in [3.63, 3.8) is 0 Å². The molecule has 0 atom stereocenters. The summed E-state index contributed by atoms with van der Waals surface area (Å²) in [5.74, 6) is 0.735. The maximum Gasteiger partial charge on any atom is 0.269 e. The summed E-state index contributed by atoms with van der Waals surface area (Å²) in [5.41, 5.74) is 2.79. The normalized spacial score (nSPS) is 10.4. The minimum atomic E-state index is -0.451. The lowest BCUT2D eigenvalue weighted by molar-refractivity contribution is -0.384. The zero-order valence-electron chi connectivity index (χ0n) is 12.9. The molecular weight excluding hydrogens is 308 g/mol. The van der Waals surface area contributed by atoms with E-state index < -0.39 is 4.92 Å². The van der Waals surface area contributed by atoms with Gasteiger partial charge in [0, 0.05) is 29.6 Å². The van der Waals surface area contributed by atoms with Gasteiger partial charge in [-0.05, 0) is 48.0 Å². The summed E-state index contributed by atoms with van der Waals surface area (Å²) in [6.07, 6.45) is 2.57.